The number of rotatable bonds is 7. The maximum atomic E-state index is 4.46. The summed E-state index contributed by atoms with van der Waals surface area (Å²) in [6.45, 7) is 5.98. The largest absolute Gasteiger partial charge is 0.367 e. The Kier molecular flexibility index (Phi) is 4.99. The minimum Gasteiger partial charge on any atom is -0.367 e. The van der Waals surface area contributed by atoms with Crippen LogP contribution in [-0.4, -0.2) is 47.1 Å². The standard InChI is InChI=1S/C13H22BrN5/c1-4-15-13-17-8-11(14)12(18-13)16-7-9(2)19(3)10-5-6-10/h8-10H,4-7H2,1-3H3,(H2,15,16,17,18). The quantitative estimate of drug-likeness (QED) is 0.806. The van der Waals surface area contributed by atoms with Crippen LogP contribution in [0.25, 0.3) is 0 Å². The zero-order chi connectivity index (χ0) is 13.8. The van der Waals surface area contributed by atoms with E-state index in [2.05, 4.69) is 55.4 Å². The van der Waals surface area contributed by atoms with E-state index >= 15 is 0 Å². The summed E-state index contributed by atoms with van der Waals surface area (Å²) in [5.41, 5.74) is 0. The van der Waals surface area contributed by atoms with Gasteiger partial charge in [0.2, 0.25) is 5.95 Å². The minimum absolute atomic E-state index is 0.497. The van der Waals surface area contributed by atoms with Crippen molar-refractivity contribution in [3.05, 3.63) is 10.7 Å². The SMILES string of the molecule is CCNc1ncc(Br)c(NCC(C)N(C)C2CC2)n1. The van der Waals surface area contributed by atoms with Crippen molar-refractivity contribution in [2.45, 2.75) is 38.8 Å². The Labute approximate surface area is 123 Å². The van der Waals surface area contributed by atoms with Crippen molar-refractivity contribution in [1.29, 1.82) is 0 Å². The highest BCUT2D eigenvalue weighted by atomic mass is 79.9. The second-order valence-corrected chi connectivity index (χ2v) is 5.90. The van der Waals surface area contributed by atoms with Gasteiger partial charge in [-0.15, -0.1) is 0 Å². The van der Waals surface area contributed by atoms with E-state index in [1.54, 1.807) is 6.20 Å². The first kappa shape index (κ1) is 14.5. The van der Waals surface area contributed by atoms with Gasteiger partial charge < -0.3 is 10.6 Å². The molecule has 0 aromatic carbocycles. The normalized spacial score (nSPS) is 16.5. The molecule has 1 heterocycles. The van der Waals surface area contributed by atoms with Crippen molar-refractivity contribution in [3.8, 4) is 0 Å². The Morgan fingerprint density at radius 3 is 2.84 bits per heavy atom. The monoisotopic (exact) mass is 327 g/mol. The zero-order valence-corrected chi connectivity index (χ0v) is 13.4. The molecule has 0 bridgehead atoms. The highest BCUT2D eigenvalue weighted by Gasteiger charge is 2.28. The number of halogens is 1. The number of hydrogen-bond donors (Lipinski definition) is 2. The van der Waals surface area contributed by atoms with E-state index in [0.717, 1.165) is 29.4 Å². The highest BCUT2D eigenvalue weighted by molar-refractivity contribution is 9.10. The third-order valence-corrected chi connectivity index (χ3v) is 4.04. The van der Waals surface area contributed by atoms with Crippen molar-refractivity contribution in [2.24, 2.45) is 0 Å². The van der Waals surface area contributed by atoms with Gasteiger partial charge in [0.05, 0.1) is 4.47 Å². The van der Waals surface area contributed by atoms with E-state index in [0.29, 0.717) is 12.0 Å². The molecule has 0 saturated heterocycles. The molecule has 1 atom stereocenters. The Hall–Kier alpha value is -0.880. The Balaban J connectivity index is 1.92. The van der Waals surface area contributed by atoms with Crippen LogP contribution in [0.3, 0.4) is 0 Å². The average molecular weight is 328 g/mol. The first-order chi connectivity index (χ1) is 9.11. The molecule has 0 amide bonds. The Bertz CT molecular complexity index is 421. The molecule has 1 fully saturated rings. The van der Waals surface area contributed by atoms with Gasteiger partial charge in [-0.3, -0.25) is 4.90 Å². The predicted octanol–water partition coefficient (Wildman–Crippen LogP) is 2.57. The van der Waals surface area contributed by atoms with Crippen molar-refractivity contribution in [1.82, 2.24) is 14.9 Å². The summed E-state index contributed by atoms with van der Waals surface area (Å²) in [5, 5.41) is 6.52. The smallest absolute Gasteiger partial charge is 0.224 e. The van der Waals surface area contributed by atoms with Gasteiger partial charge in [0, 0.05) is 31.4 Å². The van der Waals surface area contributed by atoms with Crippen LogP contribution in [0.2, 0.25) is 0 Å². The summed E-state index contributed by atoms with van der Waals surface area (Å²) in [7, 11) is 2.20. The summed E-state index contributed by atoms with van der Waals surface area (Å²) < 4.78 is 0.899. The highest BCUT2D eigenvalue weighted by Crippen LogP contribution is 2.27. The average Bonchev–Trinajstić information content (AvgIpc) is 3.22. The molecule has 0 spiro atoms. The lowest BCUT2D eigenvalue weighted by molar-refractivity contribution is 0.257. The topological polar surface area (TPSA) is 53.1 Å². The molecule has 1 unspecified atom stereocenters. The van der Waals surface area contributed by atoms with Crippen LogP contribution in [0.1, 0.15) is 26.7 Å². The fourth-order valence-corrected chi connectivity index (χ4v) is 2.30. The van der Waals surface area contributed by atoms with E-state index in [1.165, 1.54) is 12.8 Å². The fraction of sp³-hybridized carbons (Fsp3) is 0.692. The molecular weight excluding hydrogens is 306 g/mol. The summed E-state index contributed by atoms with van der Waals surface area (Å²) in [4.78, 5) is 11.1. The second-order valence-electron chi connectivity index (χ2n) is 5.05. The maximum Gasteiger partial charge on any atom is 0.224 e. The van der Waals surface area contributed by atoms with Crippen LogP contribution < -0.4 is 10.6 Å². The molecule has 6 heteroatoms. The van der Waals surface area contributed by atoms with Crippen LogP contribution >= 0.6 is 15.9 Å². The van der Waals surface area contributed by atoms with Gasteiger partial charge in [0.15, 0.2) is 0 Å². The van der Waals surface area contributed by atoms with Gasteiger partial charge in [0.25, 0.3) is 0 Å². The van der Waals surface area contributed by atoms with Crippen LogP contribution in [0.15, 0.2) is 10.7 Å². The van der Waals surface area contributed by atoms with Crippen LogP contribution in [0.5, 0.6) is 0 Å². The molecule has 1 aliphatic rings. The first-order valence-corrected chi connectivity index (χ1v) is 7.63. The lowest BCUT2D eigenvalue weighted by atomic mass is 10.3. The predicted molar refractivity (Wildman–Crippen MR) is 82.6 cm³/mol. The number of likely N-dealkylation sites (N-methyl/N-ethyl adjacent to an activating group) is 1. The van der Waals surface area contributed by atoms with Crippen molar-refractivity contribution >= 4 is 27.7 Å². The maximum absolute atomic E-state index is 4.46. The molecule has 2 rings (SSSR count). The van der Waals surface area contributed by atoms with E-state index in [4.69, 9.17) is 0 Å². The molecule has 0 aliphatic heterocycles. The summed E-state index contributed by atoms with van der Waals surface area (Å²) in [6.07, 6.45) is 4.45. The lowest BCUT2D eigenvalue weighted by Crippen LogP contribution is -2.36. The van der Waals surface area contributed by atoms with E-state index in [-0.39, 0.29) is 0 Å². The summed E-state index contributed by atoms with van der Waals surface area (Å²) >= 11 is 3.48. The second kappa shape index (κ2) is 6.52. The molecule has 0 radical (unpaired) electrons. The number of nitrogens with one attached hydrogen (secondary N) is 2. The molecule has 5 nitrogen and oxygen atoms in total. The van der Waals surface area contributed by atoms with E-state index in [9.17, 15) is 0 Å². The van der Waals surface area contributed by atoms with Gasteiger partial charge in [-0.2, -0.15) is 4.98 Å². The van der Waals surface area contributed by atoms with Crippen molar-refractivity contribution < 1.29 is 0 Å². The summed E-state index contributed by atoms with van der Waals surface area (Å²) in [5.74, 6) is 1.51. The van der Waals surface area contributed by atoms with Gasteiger partial charge in [-0.25, -0.2) is 4.98 Å². The Morgan fingerprint density at radius 1 is 1.47 bits per heavy atom. The van der Waals surface area contributed by atoms with Crippen LogP contribution in [-0.2, 0) is 0 Å². The summed E-state index contributed by atoms with van der Waals surface area (Å²) in [6, 6.07) is 1.28. The van der Waals surface area contributed by atoms with Gasteiger partial charge in [-0.05, 0) is 49.7 Å². The molecule has 1 aromatic rings. The van der Waals surface area contributed by atoms with Crippen LogP contribution in [0, 0.1) is 0 Å². The molecule has 1 aromatic heterocycles. The zero-order valence-electron chi connectivity index (χ0n) is 11.8. The number of nitrogens with zero attached hydrogens (tertiary/aromatic N) is 3. The first-order valence-electron chi connectivity index (χ1n) is 6.84. The molecular formula is C13H22BrN5. The minimum atomic E-state index is 0.497. The Morgan fingerprint density at radius 2 is 2.21 bits per heavy atom. The third kappa shape index (κ3) is 4.04. The van der Waals surface area contributed by atoms with Gasteiger partial charge in [-0.1, -0.05) is 0 Å². The molecule has 1 aliphatic carbocycles. The van der Waals surface area contributed by atoms with Crippen molar-refractivity contribution in [2.75, 3.05) is 30.8 Å². The van der Waals surface area contributed by atoms with Gasteiger partial charge in [0.1, 0.15) is 5.82 Å². The number of anilines is 2. The van der Waals surface area contributed by atoms with E-state index < -0.39 is 0 Å². The molecule has 2 N–H and O–H groups in total. The molecule has 19 heavy (non-hydrogen) atoms. The fourth-order valence-electron chi connectivity index (χ4n) is 1.96. The van der Waals surface area contributed by atoms with Crippen molar-refractivity contribution in [3.63, 3.8) is 0 Å². The number of aromatic nitrogens is 2. The number of hydrogen-bond acceptors (Lipinski definition) is 5. The molecule has 1 saturated carbocycles. The van der Waals surface area contributed by atoms with Gasteiger partial charge >= 0.3 is 0 Å². The molecule has 106 valence electrons. The lowest BCUT2D eigenvalue weighted by Gasteiger charge is -2.25. The van der Waals surface area contributed by atoms with Crippen LogP contribution in [0.4, 0.5) is 11.8 Å². The van der Waals surface area contributed by atoms with E-state index in [1.807, 2.05) is 6.92 Å². The third-order valence-electron chi connectivity index (χ3n) is 3.46.